The largest absolute Gasteiger partial charge is 0.392 e. The van der Waals surface area contributed by atoms with Crippen molar-refractivity contribution in [3.05, 3.63) is 0 Å². The molecule has 0 rings (SSSR count). The Morgan fingerprint density at radius 1 is 1.40 bits per heavy atom. The van der Waals surface area contributed by atoms with Crippen molar-refractivity contribution < 1.29 is 5.11 Å². The van der Waals surface area contributed by atoms with Gasteiger partial charge in [-0.1, -0.05) is 42.6 Å². The quantitative estimate of drug-likeness (QED) is 0.690. The molecule has 2 unspecified atom stereocenters. The molecule has 0 aromatic carbocycles. The zero-order chi connectivity index (χ0) is 7.98. The van der Waals surface area contributed by atoms with E-state index in [2.05, 4.69) is 29.8 Å². The fourth-order valence-corrected chi connectivity index (χ4v) is 1.13. The number of unbranched alkanes of at least 4 members (excludes halogenated alkanes) is 1. The minimum absolute atomic E-state index is 0.148. The molecule has 0 saturated heterocycles. The molecule has 0 bridgehead atoms. The highest BCUT2D eigenvalue weighted by molar-refractivity contribution is 9.09. The van der Waals surface area contributed by atoms with Gasteiger partial charge in [-0.3, -0.25) is 0 Å². The fraction of sp³-hybridized carbons (Fsp3) is 1.00. The van der Waals surface area contributed by atoms with Crippen LogP contribution in [-0.4, -0.2) is 16.0 Å². The van der Waals surface area contributed by atoms with E-state index in [-0.39, 0.29) is 6.10 Å². The molecular formula is C8H17BrO. The molecule has 0 spiro atoms. The third-order valence-corrected chi connectivity index (χ3v) is 2.92. The summed E-state index contributed by atoms with van der Waals surface area (Å²) >= 11 is 3.42. The topological polar surface area (TPSA) is 20.2 Å². The lowest BCUT2D eigenvalue weighted by atomic mass is 10.1. The van der Waals surface area contributed by atoms with Crippen LogP contribution in [0.1, 0.15) is 39.5 Å². The minimum atomic E-state index is -0.148. The van der Waals surface area contributed by atoms with Crippen molar-refractivity contribution in [2.45, 2.75) is 50.5 Å². The van der Waals surface area contributed by atoms with E-state index in [1.54, 1.807) is 0 Å². The van der Waals surface area contributed by atoms with E-state index in [0.29, 0.717) is 4.83 Å². The van der Waals surface area contributed by atoms with Crippen LogP contribution in [0.15, 0.2) is 0 Å². The highest BCUT2D eigenvalue weighted by Gasteiger charge is 2.11. The van der Waals surface area contributed by atoms with E-state index in [9.17, 15) is 5.11 Å². The van der Waals surface area contributed by atoms with Gasteiger partial charge in [0, 0.05) is 4.83 Å². The number of aliphatic hydroxyl groups excluding tert-OH is 1. The summed E-state index contributed by atoms with van der Waals surface area (Å²) in [6, 6.07) is 0. The van der Waals surface area contributed by atoms with Crippen LogP contribution in [0.5, 0.6) is 0 Å². The molecule has 0 fully saturated rings. The number of hydrogen-bond acceptors (Lipinski definition) is 1. The molecule has 62 valence electrons. The van der Waals surface area contributed by atoms with Crippen molar-refractivity contribution in [1.82, 2.24) is 0 Å². The van der Waals surface area contributed by atoms with Gasteiger partial charge in [0.15, 0.2) is 0 Å². The molecule has 0 amide bonds. The molecule has 0 aromatic heterocycles. The van der Waals surface area contributed by atoms with Crippen LogP contribution in [0.4, 0.5) is 0 Å². The molecule has 0 heterocycles. The summed E-state index contributed by atoms with van der Waals surface area (Å²) in [4.78, 5) is 0.291. The number of alkyl halides is 1. The zero-order valence-electron chi connectivity index (χ0n) is 6.81. The lowest BCUT2D eigenvalue weighted by Gasteiger charge is -2.14. The summed E-state index contributed by atoms with van der Waals surface area (Å²) in [5, 5.41) is 9.40. The SMILES string of the molecule is CCCCC(O)C(Br)CC. The maximum atomic E-state index is 9.40. The molecule has 1 N–H and O–H groups in total. The van der Waals surface area contributed by atoms with Crippen molar-refractivity contribution in [2.24, 2.45) is 0 Å². The second-order valence-corrected chi connectivity index (χ2v) is 3.81. The van der Waals surface area contributed by atoms with E-state index in [4.69, 9.17) is 0 Å². The van der Waals surface area contributed by atoms with E-state index < -0.39 is 0 Å². The summed E-state index contributed by atoms with van der Waals surface area (Å²) < 4.78 is 0. The van der Waals surface area contributed by atoms with Crippen LogP contribution >= 0.6 is 15.9 Å². The lowest BCUT2D eigenvalue weighted by Crippen LogP contribution is -2.18. The second-order valence-electron chi connectivity index (χ2n) is 2.63. The molecule has 0 aliphatic heterocycles. The van der Waals surface area contributed by atoms with Gasteiger partial charge in [0.25, 0.3) is 0 Å². The maximum Gasteiger partial charge on any atom is 0.0665 e. The van der Waals surface area contributed by atoms with Crippen LogP contribution in [0.25, 0.3) is 0 Å². The molecule has 0 aliphatic carbocycles. The Morgan fingerprint density at radius 3 is 2.40 bits per heavy atom. The van der Waals surface area contributed by atoms with E-state index in [1.807, 2.05) is 0 Å². The van der Waals surface area contributed by atoms with Crippen LogP contribution in [0.3, 0.4) is 0 Å². The first-order valence-electron chi connectivity index (χ1n) is 4.04. The van der Waals surface area contributed by atoms with Crippen LogP contribution in [0.2, 0.25) is 0 Å². The first kappa shape index (κ1) is 10.4. The van der Waals surface area contributed by atoms with E-state index in [0.717, 1.165) is 19.3 Å². The average Bonchev–Trinajstić information content (AvgIpc) is 1.98. The van der Waals surface area contributed by atoms with Crippen molar-refractivity contribution in [1.29, 1.82) is 0 Å². The predicted molar refractivity (Wildman–Crippen MR) is 48.5 cm³/mol. The zero-order valence-corrected chi connectivity index (χ0v) is 8.39. The van der Waals surface area contributed by atoms with Gasteiger partial charge in [-0.2, -0.15) is 0 Å². The van der Waals surface area contributed by atoms with Crippen molar-refractivity contribution >= 4 is 15.9 Å². The molecule has 10 heavy (non-hydrogen) atoms. The third-order valence-electron chi connectivity index (χ3n) is 1.66. The average molecular weight is 209 g/mol. The highest BCUT2D eigenvalue weighted by atomic mass is 79.9. The van der Waals surface area contributed by atoms with Crippen molar-refractivity contribution in [3.8, 4) is 0 Å². The molecule has 2 atom stereocenters. The molecule has 0 aliphatic rings. The number of aliphatic hydroxyl groups is 1. The smallest absolute Gasteiger partial charge is 0.0665 e. The van der Waals surface area contributed by atoms with Gasteiger partial charge in [-0.15, -0.1) is 0 Å². The Morgan fingerprint density at radius 2 is 2.00 bits per heavy atom. The van der Waals surface area contributed by atoms with Gasteiger partial charge < -0.3 is 5.11 Å². The Kier molecular flexibility index (Phi) is 6.44. The summed E-state index contributed by atoms with van der Waals surface area (Å²) in [6.45, 7) is 4.22. The second kappa shape index (κ2) is 6.17. The normalized spacial score (nSPS) is 16.8. The Balaban J connectivity index is 3.31. The summed E-state index contributed by atoms with van der Waals surface area (Å²) in [7, 11) is 0. The van der Waals surface area contributed by atoms with Crippen molar-refractivity contribution in [2.75, 3.05) is 0 Å². The summed E-state index contributed by atoms with van der Waals surface area (Å²) in [5.41, 5.74) is 0. The molecule has 2 heteroatoms. The van der Waals surface area contributed by atoms with E-state index >= 15 is 0 Å². The van der Waals surface area contributed by atoms with Gasteiger partial charge in [-0.25, -0.2) is 0 Å². The highest BCUT2D eigenvalue weighted by Crippen LogP contribution is 2.14. The molecule has 1 nitrogen and oxygen atoms in total. The van der Waals surface area contributed by atoms with E-state index in [1.165, 1.54) is 6.42 Å². The monoisotopic (exact) mass is 208 g/mol. The summed E-state index contributed by atoms with van der Waals surface area (Å²) in [6.07, 6.45) is 4.08. The molecule has 0 aromatic rings. The first-order valence-corrected chi connectivity index (χ1v) is 4.96. The maximum absolute atomic E-state index is 9.40. The first-order chi connectivity index (χ1) is 4.72. The number of halogens is 1. The molecule has 0 saturated carbocycles. The van der Waals surface area contributed by atoms with Crippen LogP contribution in [0, 0.1) is 0 Å². The van der Waals surface area contributed by atoms with Gasteiger partial charge in [-0.05, 0) is 12.8 Å². The Bertz CT molecular complexity index is 75.7. The fourth-order valence-electron chi connectivity index (χ4n) is 0.866. The van der Waals surface area contributed by atoms with Gasteiger partial charge in [0.2, 0.25) is 0 Å². The predicted octanol–water partition coefficient (Wildman–Crippen LogP) is 2.71. The van der Waals surface area contributed by atoms with Crippen LogP contribution in [-0.2, 0) is 0 Å². The third kappa shape index (κ3) is 4.29. The van der Waals surface area contributed by atoms with Crippen molar-refractivity contribution in [3.63, 3.8) is 0 Å². The Labute approximate surface area is 72.0 Å². The lowest BCUT2D eigenvalue weighted by molar-refractivity contribution is 0.158. The minimum Gasteiger partial charge on any atom is -0.392 e. The number of hydrogen-bond donors (Lipinski definition) is 1. The van der Waals surface area contributed by atoms with Gasteiger partial charge in [0.1, 0.15) is 0 Å². The van der Waals surface area contributed by atoms with Crippen LogP contribution < -0.4 is 0 Å². The number of rotatable bonds is 5. The summed E-state index contributed by atoms with van der Waals surface area (Å²) in [5.74, 6) is 0. The Hall–Kier alpha value is 0.440. The van der Waals surface area contributed by atoms with Gasteiger partial charge in [0.05, 0.1) is 6.10 Å². The molecular weight excluding hydrogens is 192 g/mol. The molecule has 0 radical (unpaired) electrons. The standard InChI is InChI=1S/C8H17BrO/c1-3-5-6-8(10)7(9)4-2/h7-8,10H,3-6H2,1-2H3. The van der Waals surface area contributed by atoms with Gasteiger partial charge >= 0.3 is 0 Å².